The molecule has 0 fully saturated rings. The van der Waals surface area contributed by atoms with E-state index in [1.54, 1.807) is 11.6 Å². The number of nitrogens with zero attached hydrogens (tertiary/aromatic N) is 2. The van der Waals surface area contributed by atoms with Gasteiger partial charge >= 0.3 is 0 Å². The number of hydrogen-bond acceptors (Lipinski definition) is 3. The van der Waals surface area contributed by atoms with Crippen LogP contribution in [0.15, 0.2) is 23.2 Å². The van der Waals surface area contributed by atoms with Crippen molar-refractivity contribution in [2.24, 2.45) is 0 Å². The lowest BCUT2D eigenvalue weighted by molar-refractivity contribution is 0.609. The maximum absolute atomic E-state index is 11.4. The molecule has 1 heterocycles. The summed E-state index contributed by atoms with van der Waals surface area (Å²) in [5.41, 5.74) is 4.66. The summed E-state index contributed by atoms with van der Waals surface area (Å²) in [6.07, 6.45) is 1.29. The number of halogens is 1. The summed E-state index contributed by atoms with van der Waals surface area (Å²) < 4.78 is 24.5. The maximum Gasteiger partial charge on any atom is 0.264 e. The Morgan fingerprint density at radius 1 is 1.11 bits per heavy atom. The third-order valence-corrected chi connectivity index (χ3v) is 4.50. The van der Waals surface area contributed by atoms with Crippen LogP contribution in [0, 0.1) is 27.7 Å². The molecule has 0 saturated heterocycles. The van der Waals surface area contributed by atoms with Gasteiger partial charge in [0.25, 0.3) is 9.05 Å². The molecule has 0 spiro atoms. The van der Waals surface area contributed by atoms with E-state index in [2.05, 4.69) is 5.10 Å². The Bertz CT molecular complexity index is 725. The second kappa shape index (κ2) is 4.65. The summed E-state index contributed by atoms with van der Waals surface area (Å²) >= 11 is 0. The molecular weight excluding hydrogens is 284 g/mol. The van der Waals surface area contributed by atoms with Crippen molar-refractivity contribution < 1.29 is 8.42 Å². The predicted octanol–water partition coefficient (Wildman–Crippen LogP) is 3.03. The van der Waals surface area contributed by atoms with E-state index in [9.17, 15) is 8.42 Å². The molecular formula is C13H15ClN2O2S. The molecule has 0 atom stereocenters. The molecule has 0 radical (unpaired) electrons. The smallest absolute Gasteiger partial charge is 0.236 e. The second-order valence-electron chi connectivity index (χ2n) is 4.69. The predicted molar refractivity (Wildman–Crippen MR) is 75.6 cm³/mol. The van der Waals surface area contributed by atoms with Gasteiger partial charge in [-0.05, 0) is 38.8 Å². The van der Waals surface area contributed by atoms with Gasteiger partial charge < -0.3 is 0 Å². The van der Waals surface area contributed by atoms with Crippen molar-refractivity contribution in [1.29, 1.82) is 0 Å². The van der Waals surface area contributed by atoms with Gasteiger partial charge in [-0.15, -0.1) is 0 Å². The monoisotopic (exact) mass is 298 g/mol. The molecule has 0 amide bonds. The van der Waals surface area contributed by atoms with E-state index >= 15 is 0 Å². The Balaban J connectivity index is 2.72. The van der Waals surface area contributed by atoms with Crippen LogP contribution in [-0.2, 0) is 9.05 Å². The van der Waals surface area contributed by atoms with E-state index in [0.29, 0.717) is 5.69 Å². The van der Waals surface area contributed by atoms with Gasteiger partial charge in [-0.1, -0.05) is 17.7 Å². The van der Waals surface area contributed by atoms with Crippen molar-refractivity contribution in [1.82, 2.24) is 9.78 Å². The Morgan fingerprint density at radius 3 is 2.05 bits per heavy atom. The molecule has 1 aromatic heterocycles. The van der Waals surface area contributed by atoms with E-state index < -0.39 is 9.05 Å². The standard InChI is InChI=1S/C13H15ClN2O2S/c1-8-5-9(2)13(10(3)6-8)16-11(4)12(7-15-16)19(14,17)18/h5-7H,1-4H3. The molecule has 0 N–H and O–H groups in total. The Kier molecular flexibility index (Phi) is 3.45. The SMILES string of the molecule is Cc1cc(C)c(-n2ncc(S(=O)(=O)Cl)c2C)c(C)c1. The minimum atomic E-state index is -3.77. The normalized spacial score (nSPS) is 11.8. The quantitative estimate of drug-likeness (QED) is 0.801. The van der Waals surface area contributed by atoms with Gasteiger partial charge in [0.15, 0.2) is 0 Å². The number of rotatable bonds is 2. The maximum atomic E-state index is 11.4. The molecule has 0 aliphatic rings. The second-order valence-corrected chi connectivity index (χ2v) is 7.23. The van der Waals surface area contributed by atoms with E-state index in [0.717, 1.165) is 22.4 Å². The highest BCUT2D eigenvalue weighted by atomic mass is 35.7. The number of hydrogen-bond donors (Lipinski definition) is 0. The van der Waals surface area contributed by atoms with E-state index in [-0.39, 0.29) is 4.90 Å². The molecule has 0 bridgehead atoms. The van der Waals surface area contributed by atoms with Crippen LogP contribution in [-0.4, -0.2) is 18.2 Å². The van der Waals surface area contributed by atoms with Crippen LogP contribution in [0.25, 0.3) is 5.69 Å². The third-order valence-electron chi connectivity index (χ3n) is 3.07. The van der Waals surface area contributed by atoms with Crippen LogP contribution in [0.5, 0.6) is 0 Å². The average Bonchev–Trinajstić information content (AvgIpc) is 2.58. The lowest BCUT2D eigenvalue weighted by Gasteiger charge is -2.13. The lowest BCUT2D eigenvalue weighted by atomic mass is 10.1. The fourth-order valence-electron chi connectivity index (χ4n) is 2.37. The Morgan fingerprint density at radius 2 is 1.63 bits per heavy atom. The van der Waals surface area contributed by atoms with Gasteiger partial charge in [0.05, 0.1) is 17.6 Å². The zero-order valence-corrected chi connectivity index (χ0v) is 12.8. The van der Waals surface area contributed by atoms with Gasteiger partial charge in [-0.2, -0.15) is 5.10 Å². The molecule has 1 aromatic carbocycles. The molecule has 0 aliphatic heterocycles. The molecule has 2 aromatic rings. The highest BCUT2D eigenvalue weighted by molar-refractivity contribution is 8.13. The minimum absolute atomic E-state index is 0.0496. The molecule has 102 valence electrons. The lowest BCUT2D eigenvalue weighted by Crippen LogP contribution is -2.05. The van der Waals surface area contributed by atoms with Crippen molar-refractivity contribution in [2.45, 2.75) is 32.6 Å². The van der Waals surface area contributed by atoms with Crippen LogP contribution in [0.3, 0.4) is 0 Å². The topological polar surface area (TPSA) is 52.0 Å². The fraction of sp³-hybridized carbons (Fsp3) is 0.308. The average molecular weight is 299 g/mol. The molecule has 2 rings (SSSR count). The molecule has 0 unspecified atom stereocenters. The molecule has 0 saturated carbocycles. The summed E-state index contributed by atoms with van der Waals surface area (Å²) in [6.45, 7) is 7.67. The Hall–Kier alpha value is -1.33. The van der Waals surface area contributed by atoms with E-state index in [4.69, 9.17) is 10.7 Å². The number of aryl methyl sites for hydroxylation is 3. The summed E-state index contributed by atoms with van der Waals surface area (Å²) in [7, 11) is 1.62. The van der Waals surface area contributed by atoms with Gasteiger partial charge in [-0.3, -0.25) is 0 Å². The van der Waals surface area contributed by atoms with E-state index in [1.807, 2.05) is 32.9 Å². The zero-order chi connectivity index (χ0) is 14.4. The van der Waals surface area contributed by atoms with Crippen molar-refractivity contribution in [3.8, 4) is 5.69 Å². The minimum Gasteiger partial charge on any atom is -0.236 e. The summed E-state index contributed by atoms with van der Waals surface area (Å²) in [5, 5.41) is 4.16. The first-order valence-corrected chi connectivity index (χ1v) is 8.10. The van der Waals surface area contributed by atoms with Crippen LogP contribution < -0.4 is 0 Å². The van der Waals surface area contributed by atoms with Gasteiger partial charge in [0.1, 0.15) is 4.90 Å². The molecule has 19 heavy (non-hydrogen) atoms. The zero-order valence-electron chi connectivity index (χ0n) is 11.2. The van der Waals surface area contributed by atoms with Crippen molar-refractivity contribution in [3.05, 3.63) is 40.7 Å². The van der Waals surface area contributed by atoms with Crippen LogP contribution >= 0.6 is 10.7 Å². The van der Waals surface area contributed by atoms with E-state index in [1.165, 1.54) is 6.20 Å². The highest BCUT2D eigenvalue weighted by Gasteiger charge is 2.20. The van der Waals surface area contributed by atoms with Crippen LogP contribution in [0.1, 0.15) is 22.4 Å². The first-order valence-electron chi connectivity index (χ1n) is 5.79. The number of aromatic nitrogens is 2. The van der Waals surface area contributed by atoms with Crippen molar-refractivity contribution in [3.63, 3.8) is 0 Å². The molecule has 0 aliphatic carbocycles. The summed E-state index contributed by atoms with van der Waals surface area (Å²) in [6, 6.07) is 4.08. The summed E-state index contributed by atoms with van der Waals surface area (Å²) in [5.74, 6) is 0. The fourth-order valence-corrected chi connectivity index (χ4v) is 3.43. The largest absolute Gasteiger partial charge is 0.264 e. The summed E-state index contributed by atoms with van der Waals surface area (Å²) in [4.78, 5) is 0.0496. The first-order chi connectivity index (χ1) is 8.71. The Labute approximate surface area is 117 Å². The van der Waals surface area contributed by atoms with Gasteiger partial charge in [0.2, 0.25) is 0 Å². The van der Waals surface area contributed by atoms with Crippen molar-refractivity contribution in [2.75, 3.05) is 0 Å². The van der Waals surface area contributed by atoms with Gasteiger partial charge in [0, 0.05) is 10.7 Å². The van der Waals surface area contributed by atoms with Crippen LogP contribution in [0.2, 0.25) is 0 Å². The first kappa shape index (κ1) is 14.1. The molecule has 4 nitrogen and oxygen atoms in total. The van der Waals surface area contributed by atoms with Crippen molar-refractivity contribution >= 4 is 19.7 Å². The number of benzene rings is 1. The van der Waals surface area contributed by atoms with Crippen LogP contribution in [0.4, 0.5) is 0 Å². The highest BCUT2D eigenvalue weighted by Crippen LogP contribution is 2.26. The molecule has 6 heteroatoms. The van der Waals surface area contributed by atoms with Gasteiger partial charge in [-0.25, -0.2) is 13.1 Å². The third kappa shape index (κ3) is 2.53.